The molecule has 4 aromatic heterocycles. The summed E-state index contributed by atoms with van der Waals surface area (Å²) >= 11 is 0. The van der Waals surface area contributed by atoms with Crippen molar-refractivity contribution in [2.24, 2.45) is 0 Å². The highest BCUT2D eigenvalue weighted by Gasteiger charge is 2.27. The third kappa shape index (κ3) is 4.96. The van der Waals surface area contributed by atoms with E-state index in [2.05, 4.69) is 31.0 Å². The van der Waals surface area contributed by atoms with Crippen molar-refractivity contribution in [1.29, 1.82) is 0 Å². The molecule has 0 aliphatic carbocycles. The first-order valence-corrected chi connectivity index (χ1v) is 13.1. The zero-order chi connectivity index (χ0) is 29.4. The van der Waals surface area contributed by atoms with Crippen LogP contribution in [0.3, 0.4) is 0 Å². The minimum Gasteiger partial charge on any atom is -0.417 e. The van der Waals surface area contributed by atoms with E-state index < -0.39 is 11.8 Å². The van der Waals surface area contributed by atoms with Crippen molar-refractivity contribution < 1.29 is 18.4 Å². The van der Waals surface area contributed by atoms with Crippen molar-refractivity contribution in [1.82, 2.24) is 40.4 Å². The highest BCUT2D eigenvalue weighted by Crippen LogP contribution is 2.27. The number of carbonyl (C=O) groups excluding carboxylic acids is 2. The van der Waals surface area contributed by atoms with Crippen LogP contribution < -0.4 is 10.9 Å². The summed E-state index contributed by atoms with van der Waals surface area (Å²) < 4.78 is 15.0. The lowest BCUT2D eigenvalue weighted by Crippen LogP contribution is -2.42. The lowest BCUT2D eigenvalue weighted by atomic mass is 10.2. The van der Waals surface area contributed by atoms with Crippen LogP contribution in [0.4, 0.5) is 0 Å². The van der Waals surface area contributed by atoms with Crippen LogP contribution in [0.25, 0.3) is 34.7 Å². The number of amides is 2. The second kappa shape index (κ2) is 10.7. The van der Waals surface area contributed by atoms with Gasteiger partial charge < -0.3 is 8.83 Å². The van der Waals surface area contributed by atoms with Gasteiger partial charge in [0, 0.05) is 22.5 Å². The number of carbonyl (C=O) groups is 2. The van der Waals surface area contributed by atoms with E-state index >= 15 is 0 Å². The molecule has 12 heteroatoms. The normalized spacial score (nSPS) is 11.0. The molecule has 0 spiro atoms. The molecule has 4 heterocycles. The van der Waals surface area contributed by atoms with Crippen molar-refractivity contribution in [2.75, 3.05) is 0 Å². The Kier molecular flexibility index (Phi) is 6.71. The number of rotatable bonds is 6. The molecule has 210 valence electrons. The molecule has 6 aromatic rings. The summed E-state index contributed by atoms with van der Waals surface area (Å²) in [6.07, 6.45) is 0. The van der Waals surface area contributed by atoms with E-state index in [0.29, 0.717) is 11.1 Å². The second-order valence-electron chi connectivity index (χ2n) is 9.66. The molecular formula is C30H26N8O4. The Morgan fingerprint density at radius 1 is 0.619 bits per heavy atom. The van der Waals surface area contributed by atoms with Gasteiger partial charge in [0.05, 0.1) is 11.4 Å². The summed E-state index contributed by atoms with van der Waals surface area (Å²) in [5.41, 5.74) is 9.04. The smallest absolute Gasteiger partial charge is 0.294 e. The van der Waals surface area contributed by atoms with Crippen LogP contribution in [0.2, 0.25) is 0 Å². The first kappa shape index (κ1) is 26.4. The van der Waals surface area contributed by atoms with Crippen LogP contribution >= 0.6 is 0 Å². The van der Waals surface area contributed by atoms with Gasteiger partial charge in [-0.25, -0.2) is 19.3 Å². The van der Waals surface area contributed by atoms with Gasteiger partial charge in [0.1, 0.15) is 0 Å². The number of hydrogen-bond donors (Lipinski definition) is 2. The molecular weight excluding hydrogens is 536 g/mol. The van der Waals surface area contributed by atoms with Crippen molar-refractivity contribution >= 4 is 11.8 Å². The van der Waals surface area contributed by atoms with Crippen molar-refractivity contribution in [2.45, 2.75) is 27.7 Å². The van der Waals surface area contributed by atoms with Gasteiger partial charge in [-0.3, -0.25) is 20.4 Å². The predicted octanol–water partition coefficient (Wildman–Crippen LogP) is 4.68. The molecule has 0 saturated carbocycles. The summed E-state index contributed by atoms with van der Waals surface area (Å²) in [7, 11) is 0. The average Bonchev–Trinajstić information content (AvgIpc) is 3.77. The molecule has 0 aliphatic rings. The number of oxazole rings is 2. The van der Waals surface area contributed by atoms with Gasteiger partial charge in [-0.2, -0.15) is 10.2 Å². The molecule has 0 radical (unpaired) electrons. The third-order valence-electron chi connectivity index (χ3n) is 6.38. The van der Waals surface area contributed by atoms with E-state index in [1.165, 1.54) is 9.36 Å². The Labute approximate surface area is 240 Å². The van der Waals surface area contributed by atoms with E-state index in [4.69, 9.17) is 8.83 Å². The quantitative estimate of drug-likeness (QED) is 0.278. The number of nitrogens with zero attached hydrogens (tertiary/aromatic N) is 6. The molecule has 0 fully saturated rings. The Bertz CT molecular complexity index is 1780. The highest BCUT2D eigenvalue weighted by atomic mass is 16.4. The Balaban J connectivity index is 1.32. The molecule has 12 nitrogen and oxygen atoms in total. The molecule has 2 amide bonds. The molecule has 0 saturated heterocycles. The van der Waals surface area contributed by atoms with Crippen LogP contribution in [-0.4, -0.2) is 41.3 Å². The van der Waals surface area contributed by atoms with E-state index in [0.717, 1.165) is 22.8 Å². The Morgan fingerprint density at radius 3 is 1.33 bits per heavy atom. The first-order valence-electron chi connectivity index (χ1n) is 13.1. The Morgan fingerprint density at radius 2 is 1.00 bits per heavy atom. The van der Waals surface area contributed by atoms with Gasteiger partial charge in [0.15, 0.2) is 11.4 Å². The highest BCUT2D eigenvalue weighted by molar-refractivity contribution is 6.00. The largest absolute Gasteiger partial charge is 0.417 e. The zero-order valence-corrected chi connectivity index (χ0v) is 23.2. The monoisotopic (exact) mass is 562 g/mol. The number of hydrazine groups is 1. The summed E-state index contributed by atoms with van der Waals surface area (Å²) in [5, 5.41) is 8.89. The Hall–Kier alpha value is -5.78. The van der Waals surface area contributed by atoms with E-state index in [-0.39, 0.29) is 34.9 Å². The van der Waals surface area contributed by atoms with Crippen molar-refractivity contribution in [3.63, 3.8) is 0 Å². The van der Waals surface area contributed by atoms with Crippen LogP contribution in [0.1, 0.15) is 43.8 Å². The number of hydrogen-bond acceptors (Lipinski definition) is 8. The number of benzene rings is 2. The van der Waals surface area contributed by atoms with Crippen LogP contribution in [0.15, 0.2) is 81.6 Å². The second-order valence-corrected chi connectivity index (χ2v) is 9.66. The molecule has 42 heavy (non-hydrogen) atoms. The molecule has 6 rings (SSSR count). The van der Waals surface area contributed by atoms with Crippen LogP contribution in [0.5, 0.6) is 0 Å². The van der Waals surface area contributed by atoms with E-state index in [1.54, 1.807) is 0 Å². The fraction of sp³-hybridized carbons (Fsp3) is 0.133. The maximum atomic E-state index is 13.4. The van der Waals surface area contributed by atoms with Gasteiger partial charge in [0.25, 0.3) is 23.6 Å². The topological polar surface area (TPSA) is 146 Å². The predicted molar refractivity (Wildman–Crippen MR) is 152 cm³/mol. The van der Waals surface area contributed by atoms with Crippen LogP contribution in [-0.2, 0) is 0 Å². The fourth-order valence-electron chi connectivity index (χ4n) is 4.52. The zero-order valence-electron chi connectivity index (χ0n) is 23.2. The number of nitrogens with one attached hydrogen (secondary N) is 2. The standard InChI is InChI=1S/C30H26N8O4/c1-17-15-19(3)37(35-17)29-23(31-27(41-29)21-11-7-5-8-12-21)25(39)33-34-26(40)24-30(38-20(4)16-18(2)36-38)42-28(32-24)22-13-9-6-10-14-22/h5-16H,1-4H3,(H,33,39)(H,34,40). The molecule has 0 atom stereocenters. The maximum absolute atomic E-state index is 13.4. The van der Waals surface area contributed by atoms with E-state index in [9.17, 15) is 9.59 Å². The summed E-state index contributed by atoms with van der Waals surface area (Å²) in [6.45, 7) is 7.34. The van der Waals surface area contributed by atoms with Crippen molar-refractivity contribution in [3.8, 4) is 34.7 Å². The molecule has 0 bridgehead atoms. The third-order valence-corrected chi connectivity index (χ3v) is 6.38. The van der Waals surface area contributed by atoms with Crippen molar-refractivity contribution in [3.05, 3.63) is 107 Å². The summed E-state index contributed by atoms with van der Waals surface area (Å²) in [6, 6.07) is 22.0. The minimum atomic E-state index is -0.712. The molecule has 2 aromatic carbocycles. The van der Waals surface area contributed by atoms with Gasteiger partial charge >= 0.3 is 0 Å². The SMILES string of the molecule is Cc1cc(C)n(-c2oc(-c3ccccc3)nc2C(=O)NNC(=O)c2nc(-c3ccccc3)oc2-n2nc(C)cc2C)n1. The lowest BCUT2D eigenvalue weighted by molar-refractivity contribution is 0.0841. The van der Waals surface area contributed by atoms with Gasteiger partial charge in [-0.1, -0.05) is 36.4 Å². The molecule has 0 unspecified atom stereocenters. The molecule has 2 N–H and O–H groups in total. The maximum Gasteiger partial charge on any atom is 0.294 e. The van der Waals surface area contributed by atoms with Gasteiger partial charge in [-0.05, 0) is 64.1 Å². The fourth-order valence-corrected chi connectivity index (χ4v) is 4.52. The average molecular weight is 563 g/mol. The number of aromatic nitrogens is 6. The molecule has 0 aliphatic heterocycles. The van der Waals surface area contributed by atoms with Crippen LogP contribution in [0, 0.1) is 27.7 Å². The van der Waals surface area contributed by atoms with Gasteiger partial charge in [0.2, 0.25) is 11.8 Å². The lowest BCUT2D eigenvalue weighted by Gasteiger charge is -2.07. The number of aryl methyl sites for hydroxylation is 4. The summed E-state index contributed by atoms with van der Waals surface area (Å²) in [5.74, 6) is -0.742. The van der Waals surface area contributed by atoms with Gasteiger partial charge in [-0.15, -0.1) is 0 Å². The van der Waals surface area contributed by atoms with E-state index in [1.807, 2.05) is 100 Å². The summed E-state index contributed by atoms with van der Waals surface area (Å²) in [4.78, 5) is 35.7. The first-order chi connectivity index (χ1) is 20.3. The minimum absolute atomic E-state index is 0.0655.